The van der Waals surface area contributed by atoms with Gasteiger partial charge in [0.25, 0.3) is 5.91 Å². The number of furan rings is 1. The number of ether oxygens (including phenoxy) is 2. The van der Waals surface area contributed by atoms with Gasteiger partial charge in [0.1, 0.15) is 17.2 Å². The first-order valence-corrected chi connectivity index (χ1v) is 12.1. The lowest BCUT2D eigenvalue weighted by Gasteiger charge is -2.21. The smallest absolute Gasteiger partial charge is 0.273 e. The second-order valence-corrected chi connectivity index (χ2v) is 8.72. The maximum absolute atomic E-state index is 13.3. The zero-order chi connectivity index (χ0) is 23.8. The van der Waals surface area contributed by atoms with Gasteiger partial charge in [-0.25, -0.2) is 4.98 Å². The van der Waals surface area contributed by atoms with Crippen molar-refractivity contribution in [3.8, 4) is 5.75 Å². The Kier molecular flexibility index (Phi) is 8.16. The molecule has 4 rings (SSSR count). The van der Waals surface area contributed by atoms with Crippen LogP contribution < -0.4 is 15.4 Å². The van der Waals surface area contributed by atoms with Crippen LogP contribution in [0.1, 0.15) is 35.5 Å². The van der Waals surface area contributed by atoms with E-state index in [0.717, 1.165) is 25.1 Å². The van der Waals surface area contributed by atoms with Crippen molar-refractivity contribution in [1.82, 2.24) is 15.2 Å². The number of nitrogens with zero attached hydrogens (tertiary/aromatic N) is 2. The third-order valence-corrected chi connectivity index (χ3v) is 6.20. The van der Waals surface area contributed by atoms with Gasteiger partial charge in [-0.05, 0) is 37.1 Å². The van der Waals surface area contributed by atoms with Crippen LogP contribution in [0.4, 0.5) is 10.8 Å². The van der Waals surface area contributed by atoms with Gasteiger partial charge in [-0.2, -0.15) is 0 Å². The molecule has 0 aliphatic carbocycles. The van der Waals surface area contributed by atoms with E-state index in [4.69, 9.17) is 13.9 Å². The monoisotopic (exact) mass is 484 g/mol. The van der Waals surface area contributed by atoms with Crippen molar-refractivity contribution in [2.45, 2.75) is 31.9 Å². The van der Waals surface area contributed by atoms with Crippen LogP contribution in [-0.4, -0.2) is 54.6 Å². The number of amides is 2. The molecule has 1 aromatic carbocycles. The van der Waals surface area contributed by atoms with Crippen LogP contribution in [0.15, 0.2) is 52.5 Å². The summed E-state index contributed by atoms with van der Waals surface area (Å²) >= 11 is 1.32. The second kappa shape index (κ2) is 11.7. The third-order valence-electron chi connectivity index (χ3n) is 5.45. The van der Waals surface area contributed by atoms with Gasteiger partial charge in [-0.15, -0.1) is 11.3 Å². The lowest BCUT2D eigenvalue weighted by Crippen LogP contribution is -2.37. The molecule has 10 heteroatoms. The molecule has 0 spiro atoms. The number of anilines is 2. The molecule has 2 aromatic heterocycles. The Morgan fingerprint density at radius 1 is 1.26 bits per heavy atom. The minimum absolute atomic E-state index is 0.0777. The third kappa shape index (κ3) is 6.36. The summed E-state index contributed by atoms with van der Waals surface area (Å²) in [5, 5.41) is 8.36. The van der Waals surface area contributed by atoms with Crippen molar-refractivity contribution >= 4 is 34.0 Å². The van der Waals surface area contributed by atoms with Gasteiger partial charge < -0.3 is 29.4 Å². The van der Waals surface area contributed by atoms with E-state index in [1.54, 1.807) is 35.8 Å². The predicted molar refractivity (Wildman–Crippen MR) is 128 cm³/mol. The van der Waals surface area contributed by atoms with Gasteiger partial charge in [-0.3, -0.25) is 9.59 Å². The van der Waals surface area contributed by atoms with E-state index in [1.807, 2.05) is 24.3 Å². The molecule has 0 radical (unpaired) electrons. The number of para-hydroxylation sites is 2. The second-order valence-electron chi connectivity index (χ2n) is 7.86. The van der Waals surface area contributed by atoms with Gasteiger partial charge in [0, 0.05) is 31.5 Å². The molecule has 1 aliphatic rings. The van der Waals surface area contributed by atoms with Crippen molar-refractivity contribution < 1.29 is 23.5 Å². The number of carbonyl (C=O) groups is 2. The maximum Gasteiger partial charge on any atom is 0.273 e. The molecular weight excluding hydrogens is 456 g/mol. The van der Waals surface area contributed by atoms with Crippen LogP contribution in [0, 0.1) is 0 Å². The molecule has 0 unspecified atom stereocenters. The van der Waals surface area contributed by atoms with Crippen LogP contribution in [0.2, 0.25) is 0 Å². The summed E-state index contributed by atoms with van der Waals surface area (Å²) in [6, 6.07) is 11.1. The largest absolute Gasteiger partial charge is 0.495 e. The lowest BCUT2D eigenvalue weighted by molar-refractivity contribution is -0.121. The molecule has 9 nitrogen and oxygen atoms in total. The number of aromatic nitrogens is 1. The Bertz CT molecular complexity index is 1080. The van der Waals surface area contributed by atoms with Crippen molar-refractivity contribution in [3.63, 3.8) is 0 Å². The Labute approximate surface area is 202 Å². The van der Waals surface area contributed by atoms with E-state index >= 15 is 0 Å². The van der Waals surface area contributed by atoms with E-state index < -0.39 is 0 Å². The van der Waals surface area contributed by atoms with E-state index in [-0.39, 0.29) is 37.4 Å². The van der Waals surface area contributed by atoms with E-state index in [2.05, 4.69) is 15.6 Å². The minimum Gasteiger partial charge on any atom is -0.495 e. The summed E-state index contributed by atoms with van der Waals surface area (Å²) in [6.07, 6.45) is 3.79. The van der Waals surface area contributed by atoms with E-state index in [9.17, 15) is 9.59 Å². The summed E-state index contributed by atoms with van der Waals surface area (Å²) in [4.78, 5) is 31.7. The topological polar surface area (TPSA) is 106 Å². The number of nitrogens with one attached hydrogen (secondary N) is 2. The molecule has 180 valence electrons. The fourth-order valence-corrected chi connectivity index (χ4v) is 4.35. The quantitative estimate of drug-likeness (QED) is 0.426. The normalized spacial score (nSPS) is 15.1. The molecule has 0 bridgehead atoms. The van der Waals surface area contributed by atoms with E-state index in [0.29, 0.717) is 28.9 Å². The van der Waals surface area contributed by atoms with Crippen molar-refractivity contribution in [3.05, 3.63) is 59.5 Å². The molecule has 1 atom stereocenters. The highest BCUT2D eigenvalue weighted by Crippen LogP contribution is 2.29. The first-order chi connectivity index (χ1) is 16.6. The van der Waals surface area contributed by atoms with Crippen LogP contribution >= 0.6 is 11.3 Å². The molecule has 1 saturated heterocycles. The van der Waals surface area contributed by atoms with Crippen LogP contribution in [0.5, 0.6) is 5.75 Å². The fraction of sp³-hybridized carbons (Fsp3) is 0.375. The Balaban J connectivity index is 1.39. The molecule has 2 amide bonds. The minimum atomic E-state index is -0.271. The number of benzene rings is 1. The average molecular weight is 485 g/mol. The first-order valence-electron chi connectivity index (χ1n) is 11.2. The van der Waals surface area contributed by atoms with Crippen molar-refractivity contribution in [2.75, 3.05) is 32.1 Å². The Morgan fingerprint density at radius 2 is 2.15 bits per heavy atom. The molecular formula is C24H28N4O5S. The molecule has 0 saturated carbocycles. The SMILES string of the molecule is COc1ccccc1Nc1nc(C(=O)N(CCC(=O)NC[C@@H]2CCCO2)Cc2ccco2)cs1. The number of carbonyl (C=O) groups excluding carboxylic acids is 2. The number of hydrogen-bond donors (Lipinski definition) is 2. The van der Waals surface area contributed by atoms with Crippen molar-refractivity contribution in [2.24, 2.45) is 0 Å². The van der Waals surface area contributed by atoms with Crippen LogP contribution in [-0.2, 0) is 16.1 Å². The highest BCUT2D eigenvalue weighted by molar-refractivity contribution is 7.14. The fourth-order valence-electron chi connectivity index (χ4n) is 3.66. The number of methoxy groups -OCH3 is 1. The Hall–Kier alpha value is -3.37. The number of hydrogen-bond acceptors (Lipinski definition) is 8. The highest BCUT2D eigenvalue weighted by Gasteiger charge is 2.22. The summed E-state index contributed by atoms with van der Waals surface area (Å²) in [5.74, 6) is 0.923. The van der Waals surface area contributed by atoms with E-state index in [1.165, 1.54) is 11.3 Å². The van der Waals surface area contributed by atoms with Crippen LogP contribution in [0.25, 0.3) is 0 Å². The van der Waals surface area contributed by atoms with Gasteiger partial charge in [0.2, 0.25) is 5.91 Å². The molecule has 3 heterocycles. The standard InChI is InChI=1S/C24H28N4O5S/c1-31-21-9-3-2-8-19(21)26-24-27-20(16-34-24)23(30)28(15-18-7-5-13-33-18)11-10-22(29)25-14-17-6-4-12-32-17/h2-3,5,7-9,13,16-17H,4,6,10-12,14-15H2,1H3,(H,25,29)(H,26,27)/t17-/m0/s1. The van der Waals surface area contributed by atoms with Gasteiger partial charge in [0.15, 0.2) is 5.13 Å². The zero-order valence-corrected chi connectivity index (χ0v) is 19.8. The highest BCUT2D eigenvalue weighted by atomic mass is 32.1. The molecule has 34 heavy (non-hydrogen) atoms. The van der Waals surface area contributed by atoms with Gasteiger partial charge in [0.05, 0.1) is 31.7 Å². The Morgan fingerprint density at radius 3 is 2.91 bits per heavy atom. The molecule has 1 aliphatic heterocycles. The predicted octanol–water partition coefficient (Wildman–Crippen LogP) is 3.82. The summed E-state index contributed by atoms with van der Waals surface area (Å²) in [6.45, 7) is 1.73. The van der Waals surface area contributed by atoms with Gasteiger partial charge >= 0.3 is 0 Å². The number of thiazole rings is 1. The molecule has 3 aromatic rings. The summed E-state index contributed by atoms with van der Waals surface area (Å²) < 4.78 is 16.3. The lowest BCUT2D eigenvalue weighted by atomic mass is 10.2. The average Bonchev–Trinajstić information content (AvgIpc) is 3.64. The van der Waals surface area contributed by atoms with Crippen LogP contribution in [0.3, 0.4) is 0 Å². The first kappa shape index (κ1) is 23.8. The summed E-state index contributed by atoms with van der Waals surface area (Å²) in [7, 11) is 1.60. The van der Waals surface area contributed by atoms with Gasteiger partial charge in [-0.1, -0.05) is 12.1 Å². The summed E-state index contributed by atoms with van der Waals surface area (Å²) in [5.41, 5.74) is 1.06. The number of rotatable bonds is 11. The van der Waals surface area contributed by atoms with Crippen molar-refractivity contribution in [1.29, 1.82) is 0 Å². The maximum atomic E-state index is 13.3. The molecule has 1 fully saturated rings. The molecule has 2 N–H and O–H groups in total. The zero-order valence-electron chi connectivity index (χ0n) is 19.0.